The minimum atomic E-state index is -0.552. The predicted molar refractivity (Wildman–Crippen MR) is 83.1 cm³/mol. The normalized spacial score (nSPS) is 17.5. The first-order valence-electron chi connectivity index (χ1n) is 7.48. The molecule has 3 aromatic rings. The number of hydrogen-bond acceptors (Lipinski definition) is 7. The lowest BCUT2D eigenvalue weighted by Gasteiger charge is -2.03. The zero-order valence-corrected chi connectivity index (χ0v) is 13.3. The van der Waals surface area contributed by atoms with Crippen molar-refractivity contribution in [2.75, 3.05) is 6.61 Å². The van der Waals surface area contributed by atoms with E-state index >= 15 is 0 Å². The molecule has 6 nitrogen and oxygen atoms in total. The Bertz CT molecular complexity index is 885. The van der Waals surface area contributed by atoms with Crippen molar-refractivity contribution in [3.8, 4) is 0 Å². The van der Waals surface area contributed by atoms with Gasteiger partial charge in [-0.15, -0.1) is 11.3 Å². The maximum atomic E-state index is 13.1. The van der Waals surface area contributed by atoms with Gasteiger partial charge in [-0.1, -0.05) is 0 Å². The zero-order chi connectivity index (χ0) is 16.5. The topological polar surface area (TPSA) is 74.5 Å². The molecule has 24 heavy (non-hydrogen) atoms. The number of oxazole rings is 1. The number of thiazole rings is 1. The number of carbonyl (C=O) groups is 1. The smallest absolute Gasteiger partial charge is 0.358 e. The van der Waals surface area contributed by atoms with Crippen molar-refractivity contribution in [1.29, 1.82) is 0 Å². The molecule has 124 valence electrons. The summed E-state index contributed by atoms with van der Waals surface area (Å²) in [6, 6.07) is 4.04. The number of benzene rings is 1. The van der Waals surface area contributed by atoms with Crippen molar-refractivity contribution in [1.82, 2.24) is 9.97 Å². The Morgan fingerprint density at radius 2 is 2.33 bits per heavy atom. The molecular formula is C16H13FN2O4S. The molecule has 2 aromatic heterocycles. The van der Waals surface area contributed by atoms with E-state index in [1.165, 1.54) is 29.5 Å². The maximum Gasteiger partial charge on any atom is 0.358 e. The monoisotopic (exact) mass is 348 g/mol. The van der Waals surface area contributed by atoms with Crippen molar-refractivity contribution in [3.63, 3.8) is 0 Å². The van der Waals surface area contributed by atoms with Crippen LogP contribution in [0, 0.1) is 5.82 Å². The summed E-state index contributed by atoms with van der Waals surface area (Å²) >= 11 is 1.38. The molecule has 3 heterocycles. The first kappa shape index (κ1) is 15.2. The lowest BCUT2D eigenvalue weighted by Crippen LogP contribution is -2.06. The number of esters is 1. The van der Waals surface area contributed by atoms with Gasteiger partial charge < -0.3 is 13.9 Å². The van der Waals surface area contributed by atoms with E-state index in [2.05, 4.69) is 9.97 Å². The van der Waals surface area contributed by atoms with E-state index in [0.717, 1.165) is 24.5 Å². The van der Waals surface area contributed by atoms with Crippen LogP contribution in [0.1, 0.15) is 40.3 Å². The van der Waals surface area contributed by atoms with Crippen molar-refractivity contribution in [3.05, 3.63) is 46.0 Å². The summed E-state index contributed by atoms with van der Waals surface area (Å²) in [4.78, 5) is 20.5. The molecule has 1 aliphatic rings. The van der Waals surface area contributed by atoms with Gasteiger partial charge in [0.1, 0.15) is 22.4 Å². The van der Waals surface area contributed by atoms with E-state index in [4.69, 9.17) is 13.9 Å². The number of rotatable bonds is 4. The SMILES string of the molecule is O=C(OCc1nc2ccc(F)cc2o1)c1csc([C@@H]2CCCO2)n1. The summed E-state index contributed by atoms with van der Waals surface area (Å²) < 4.78 is 29.2. The highest BCUT2D eigenvalue weighted by Gasteiger charge is 2.23. The van der Waals surface area contributed by atoms with E-state index in [0.29, 0.717) is 11.1 Å². The first-order chi connectivity index (χ1) is 11.7. The van der Waals surface area contributed by atoms with Crippen LogP contribution in [-0.2, 0) is 16.1 Å². The number of fused-ring (bicyclic) bond motifs is 1. The first-order valence-corrected chi connectivity index (χ1v) is 8.36. The van der Waals surface area contributed by atoms with Crippen LogP contribution in [0.5, 0.6) is 0 Å². The van der Waals surface area contributed by atoms with Gasteiger partial charge in [-0.05, 0) is 25.0 Å². The molecule has 0 spiro atoms. The van der Waals surface area contributed by atoms with Crippen LogP contribution in [0.3, 0.4) is 0 Å². The molecule has 0 aliphatic carbocycles. The average Bonchev–Trinajstić information content (AvgIpc) is 3.30. The van der Waals surface area contributed by atoms with E-state index < -0.39 is 11.8 Å². The van der Waals surface area contributed by atoms with Gasteiger partial charge in [-0.25, -0.2) is 19.2 Å². The fourth-order valence-corrected chi connectivity index (χ4v) is 3.38. The number of carbonyl (C=O) groups excluding carboxylic acids is 1. The van der Waals surface area contributed by atoms with Gasteiger partial charge >= 0.3 is 5.97 Å². The van der Waals surface area contributed by atoms with E-state index in [1.54, 1.807) is 5.38 Å². The van der Waals surface area contributed by atoms with Crippen LogP contribution >= 0.6 is 11.3 Å². The molecule has 0 amide bonds. The Kier molecular flexibility index (Phi) is 3.99. The van der Waals surface area contributed by atoms with Gasteiger partial charge in [0, 0.05) is 18.1 Å². The van der Waals surface area contributed by atoms with Crippen molar-refractivity contribution in [2.45, 2.75) is 25.6 Å². The lowest BCUT2D eigenvalue weighted by atomic mass is 10.2. The van der Waals surface area contributed by atoms with Crippen LogP contribution in [0.25, 0.3) is 11.1 Å². The largest absolute Gasteiger partial charge is 0.451 e. The highest BCUT2D eigenvalue weighted by Crippen LogP contribution is 2.30. The molecule has 0 N–H and O–H groups in total. The quantitative estimate of drug-likeness (QED) is 0.670. The highest BCUT2D eigenvalue weighted by atomic mass is 32.1. The van der Waals surface area contributed by atoms with E-state index in [-0.39, 0.29) is 24.3 Å². The van der Waals surface area contributed by atoms with Crippen LogP contribution < -0.4 is 0 Å². The number of aromatic nitrogens is 2. The molecule has 0 saturated carbocycles. The summed E-state index contributed by atoms with van der Waals surface area (Å²) in [5, 5.41) is 2.44. The molecule has 4 rings (SSSR count). The van der Waals surface area contributed by atoms with Gasteiger partial charge in [0.25, 0.3) is 0 Å². The van der Waals surface area contributed by atoms with Crippen LogP contribution in [0.4, 0.5) is 4.39 Å². The lowest BCUT2D eigenvalue weighted by molar-refractivity contribution is 0.0433. The van der Waals surface area contributed by atoms with Crippen molar-refractivity contribution >= 4 is 28.4 Å². The minimum Gasteiger partial charge on any atom is -0.451 e. The number of hydrogen-bond donors (Lipinski definition) is 0. The van der Waals surface area contributed by atoms with E-state index in [1.807, 2.05) is 0 Å². The third-order valence-corrected chi connectivity index (χ3v) is 4.59. The molecule has 8 heteroatoms. The summed E-state index contributed by atoms with van der Waals surface area (Å²) in [6.07, 6.45) is 1.90. The standard InChI is InChI=1S/C16H13FN2O4S/c17-9-3-4-10-13(6-9)23-14(18-10)7-22-16(20)11-8-24-15(19-11)12-2-1-5-21-12/h3-4,6,8,12H,1-2,5,7H2/t12-/m0/s1. The minimum absolute atomic E-state index is 0.0245. The number of nitrogens with zero attached hydrogens (tertiary/aromatic N) is 2. The molecule has 1 fully saturated rings. The van der Waals surface area contributed by atoms with Gasteiger partial charge in [-0.2, -0.15) is 0 Å². The number of ether oxygens (including phenoxy) is 2. The Morgan fingerprint density at radius 1 is 1.42 bits per heavy atom. The Balaban J connectivity index is 1.42. The molecule has 0 bridgehead atoms. The molecule has 0 unspecified atom stereocenters. The van der Waals surface area contributed by atoms with Gasteiger partial charge in [-0.3, -0.25) is 0 Å². The van der Waals surface area contributed by atoms with Crippen molar-refractivity contribution in [2.24, 2.45) is 0 Å². The Morgan fingerprint density at radius 3 is 3.17 bits per heavy atom. The summed E-state index contributed by atoms with van der Waals surface area (Å²) in [6.45, 7) is 0.588. The van der Waals surface area contributed by atoms with Crippen LogP contribution in [-0.4, -0.2) is 22.5 Å². The molecule has 1 aromatic carbocycles. The second kappa shape index (κ2) is 6.29. The highest BCUT2D eigenvalue weighted by molar-refractivity contribution is 7.09. The third-order valence-electron chi connectivity index (χ3n) is 3.66. The number of halogens is 1. The average molecular weight is 348 g/mol. The molecule has 1 atom stereocenters. The van der Waals surface area contributed by atoms with Crippen LogP contribution in [0.15, 0.2) is 28.0 Å². The van der Waals surface area contributed by atoms with Gasteiger partial charge in [0.05, 0.1) is 0 Å². The molecule has 1 saturated heterocycles. The predicted octanol–water partition coefficient (Wildman–Crippen LogP) is 3.63. The molecular weight excluding hydrogens is 335 g/mol. The fourth-order valence-electron chi connectivity index (χ4n) is 2.51. The summed E-state index contributed by atoms with van der Waals surface area (Å²) in [7, 11) is 0. The second-order valence-corrected chi connectivity index (χ2v) is 6.26. The van der Waals surface area contributed by atoms with Crippen molar-refractivity contribution < 1.29 is 23.1 Å². The summed E-state index contributed by atoms with van der Waals surface area (Å²) in [5.41, 5.74) is 1.07. The molecule has 0 radical (unpaired) electrons. The summed E-state index contributed by atoms with van der Waals surface area (Å²) in [5.74, 6) is -0.756. The Labute approximate surface area is 140 Å². The third kappa shape index (κ3) is 3.02. The van der Waals surface area contributed by atoms with E-state index in [9.17, 15) is 9.18 Å². The maximum absolute atomic E-state index is 13.1. The Hall–Kier alpha value is -2.32. The van der Waals surface area contributed by atoms with Gasteiger partial charge in [0.2, 0.25) is 5.89 Å². The fraction of sp³-hybridized carbons (Fsp3) is 0.312. The van der Waals surface area contributed by atoms with Crippen LogP contribution in [0.2, 0.25) is 0 Å². The zero-order valence-electron chi connectivity index (χ0n) is 12.5. The molecule has 1 aliphatic heterocycles. The second-order valence-electron chi connectivity index (χ2n) is 5.37. The van der Waals surface area contributed by atoms with Gasteiger partial charge in [0.15, 0.2) is 17.9 Å².